The second-order valence-electron chi connectivity index (χ2n) is 8.82. The molecule has 1 amide bonds. The summed E-state index contributed by atoms with van der Waals surface area (Å²) in [5.41, 5.74) is 4.50. The van der Waals surface area contributed by atoms with Gasteiger partial charge in [0.25, 0.3) is 5.91 Å². The predicted molar refractivity (Wildman–Crippen MR) is 133 cm³/mol. The SMILES string of the molecule is CCN1CCN(Cc2ccc(Nc3ncc4c(n3)Oc3ccccc3C(=O)N4C)cc2C)CC1. The molecule has 2 aliphatic rings. The summed E-state index contributed by atoms with van der Waals surface area (Å²) < 4.78 is 6.00. The van der Waals surface area contributed by atoms with Crippen molar-refractivity contribution in [2.24, 2.45) is 0 Å². The summed E-state index contributed by atoms with van der Waals surface area (Å²) in [6.07, 6.45) is 1.62. The van der Waals surface area contributed by atoms with Crippen molar-refractivity contribution in [1.29, 1.82) is 0 Å². The van der Waals surface area contributed by atoms with E-state index in [1.807, 2.05) is 12.1 Å². The minimum absolute atomic E-state index is 0.152. The minimum atomic E-state index is -0.152. The highest BCUT2D eigenvalue weighted by molar-refractivity contribution is 6.09. The number of carbonyl (C=O) groups is 1. The summed E-state index contributed by atoms with van der Waals surface area (Å²) in [6, 6.07) is 13.5. The topological polar surface area (TPSA) is 73.8 Å². The number of nitrogens with one attached hydrogen (secondary N) is 1. The van der Waals surface area contributed by atoms with Crippen LogP contribution in [0.3, 0.4) is 0 Å². The summed E-state index contributed by atoms with van der Waals surface area (Å²) in [5.74, 6) is 1.10. The molecule has 34 heavy (non-hydrogen) atoms. The fraction of sp³-hybridized carbons (Fsp3) is 0.346. The minimum Gasteiger partial charge on any atom is -0.436 e. The number of fused-ring (bicyclic) bond motifs is 2. The molecule has 176 valence electrons. The van der Waals surface area contributed by atoms with Crippen molar-refractivity contribution in [1.82, 2.24) is 19.8 Å². The molecule has 0 unspecified atom stereocenters. The van der Waals surface area contributed by atoms with Gasteiger partial charge in [-0.1, -0.05) is 25.1 Å². The molecule has 2 aromatic carbocycles. The predicted octanol–water partition coefficient (Wildman–Crippen LogP) is 4.05. The van der Waals surface area contributed by atoms with Gasteiger partial charge in [0.15, 0.2) is 0 Å². The molecule has 1 saturated heterocycles. The molecular formula is C26H30N6O2. The van der Waals surface area contributed by atoms with Gasteiger partial charge in [0.05, 0.1) is 11.8 Å². The molecule has 0 aliphatic carbocycles. The summed E-state index contributed by atoms with van der Waals surface area (Å²) in [7, 11) is 1.70. The van der Waals surface area contributed by atoms with E-state index >= 15 is 0 Å². The van der Waals surface area contributed by atoms with Gasteiger partial charge in [-0.15, -0.1) is 0 Å². The van der Waals surface area contributed by atoms with Gasteiger partial charge >= 0.3 is 0 Å². The normalized spacial score (nSPS) is 16.4. The largest absolute Gasteiger partial charge is 0.436 e. The van der Waals surface area contributed by atoms with Crippen LogP contribution in [-0.4, -0.2) is 65.4 Å². The molecule has 2 aliphatic heterocycles. The van der Waals surface area contributed by atoms with Crippen LogP contribution in [0, 0.1) is 6.92 Å². The van der Waals surface area contributed by atoms with E-state index in [0.29, 0.717) is 28.8 Å². The first kappa shape index (κ1) is 22.3. The number of para-hydroxylation sites is 1. The van der Waals surface area contributed by atoms with Crippen molar-refractivity contribution < 1.29 is 9.53 Å². The Morgan fingerprint density at radius 1 is 1.06 bits per heavy atom. The molecule has 8 heteroatoms. The first-order chi connectivity index (χ1) is 16.5. The van der Waals surface area contributed by atoms with Crippen molar-refractivity contribution in [2.75, 3.05) is 50.0 Å². The molecule has 1 N–H and O–H groups in total. The molecular weight excluding hydrogens is 428 g/mol. The Balaban J connectivity index is 1.31. The second-order valence-corrected chi connectivity index (χ2v) is 8.82. The van der Waals surface area contributed by atoms with E-state index < -0.39 is 0 Å². The smallest absolute Gasteiger partial charge is 0.261 e. The van der Waals surface area contributed by atoms with Crippen molar-refractivity contribution in [3.8, 4) is 11.6 Å². The number of ether oxygens (including phenoxy) is 1. The molecule has 0 spiro atoms. The molecule has 3 aromatic rings. The number of likely N-dealkylation sites (N-methyl/N-ethyl adjacent to an activating group) is 1. The van der Waals surface area contributed by atoms with Gasteiger partial charge in [0.1, 0.15) is 11.4 Å². The summed E-state index contributed by atoms with van der Waals surface area (Å²) in [4.78, 5) is 28.3. The number of piperazine rings is 1. The van der Waals surface area contributed by atoms with Crippen molar-refractivity contribution in [3.63, 3.8) is 0 Å². The maximum absolute atomic E-state index is 12.8. The van der Waals surface area contributed by atoms with Gasteiger partial charge in [0, 0.05) is 45.5 Å². The number of hydrogen-bond acceptors (Lipinski definition) is 7. The van der Waals surface area contributed by atoms with Crippen LogP contribution in [0.15, 0.2) is 48.7 Å². The van der Waals surface area contributed by atoms with Crippen LogP contribution in [-0.2, 0) is 6.54 Å². The number of benzene rings is 2. The van der Waals surface area contributed by atoms with Crippen molar-refractivity contribution in [2.45, 2.75) is 20.4 Å². The Morgan fingerprint density at radius 2 is 1.82 bits per heavy atom. The Kier molecular flexibility index (Phi) is 6.17. The summed E-state index contributed by atoms with van der Waals surface area (Å²) in [6.45, 7) is 10.9. The fourth-order valence-electron chi connectivity index (χ4n) is 4.44. The average molecular weight is 459 g/mol. The zero-order chi connectivity index (χ0) is 23.7. The van der Waals surface area contributed by atoms with E-state index in [-0.39, 0.29) is 5.91 Å². The van der Waals surface area contributed by atoms with Crippen LogP contribution in [0.5, 0.6) is 11.6 Å². The molecule has 5 rings (SSSR count). The highest BCUT2D eigenvalue weighted by atomic mass is 16.5. The number of hydrogen-bond donors (Lipinski definition) is 1. The number of anilines is 3. The number of rotatable bonds is 5. The zero-order valence-electron chi connectivity index (χ0n) is 19.9. The van der Waals surface area contributed by atoms with Crippen molar-refractivity contribution in [3.05, 3.63) is 65.4 Å². The lowest BCUT2D eigenvalue weighted by molar-refractivity contribution is 0.0993. The Morgan fingerprint density at radius 3 is 2.59 bits per heavy atom. The Bertz CT molecular complexity index is 1210. The first-order valence-electron chi connectivity index (χ1n) is 11.7. The lowest BCUT2D eigenvalue weighted by Gasteiger charge is -2.34. The molecule has 3 heterocycles. The lowest BCUT2D eigenvalue weighted by atomic mass is 10.1. The maximum atomic E-state index is 12.8. The third-order valence-corrected chi connectivity index (χ3v) is 6.63. The second kappa shape index (κ2) is 9.40. The quantitative estimate of drug-likeness (QED) is 0.618. The van der Waals surface area contributed by atoms with Crippen LogP contribution < -0.4 is 15.0 Å². The maximum Gasteiger partial charge on any atom is 0.261 e. The fourth-order valence-corrected chi connectivity index (χ4v) is 4.44. The van der Waals surface area contributed by atoms with Gasteiger partial charge in [-0.2, -0.15) is 4.98 Å². The number of aromatic nitrogens is 2. The van der Waals surface area contributed by atoms with E-state index in [2.05, 4.69) is 57.1 Å². The van der Waals surface area contributed by atoms with Crippen LogP contribution in [0.2, 0.25) is 0 Å². The standard InChI is InChI=1S/C26H30N6O2/c1-4-31-11-13-32(14-12-31)17-19-9-10-20(15-18(19)2)28-26-27-16-22-24(29-26)34-23-8-6-5-7-21(23)25(33)30(22)3/h5-10,15-16H,4,11-14,17H2,1-3H3,(H,27,28,29). The molecule has 1 aromatic heterocycles. The third kappa shape index (κ3) is 4.47. The average Bonchev–Trinajstić information content (AvgIpc) is 2.95. The zero-order valence-corrected chi connectivity index (χ0v) is 19.9. The molecule has 8 nitrogen and oxygen atoms in total. The highest BCUT2D eigenvalue weighted by Gasteiger charge is 2.27. The number of aryl methyl sites for hydroxylation is 1. The molecule has 0 saturated carbocycles. The van der Waals surface area contributed by atoms with Crippen LogP contribution in [0.25, 0.3) is 0 Å². The van der Waals surface area contributed by atoms with Gasteiger partial charge in [-0.25, -0.2) is 4.98 Å². The third-order valence-electron chi connectivity index (χ3n) is 6.63. The highest BCUT2D eigenvalue weighted by Crippen LogP contribution is 2.37. The summed E-state index contributed by atoms with van der Waals surface area (Å²) >= 11 is 0. The summed E-state index contributed by atoms with van der Waals surface area (Å²) in [5, 5.41) is 3.28. The van der Waals surface area contributed by atoms with E-state index in [9.17, 15) is 4.79 Å². The van der Waals surface area contributed by atoms with E-state index in [0.717, 1.165) is 45.0 Å². The van der Waals surface area contributed by atoms with E-state index in [1.54, 1.807) is 25.4 Å². The molecule has 0 radical (unpaired) electrons. The molecule has 0 bridgehead atoms. The lowest BCUT2D eigenvalue weighted by Crippen LogP contribution is -2.45. The first-order valence-corrected chi connectivity index (χ1v) is 11.7. The monoisotopic (exact) mass is 458 g/mol. The number of carbonyl (C=O) groups excluding carboxylic acids is 1. The Labute approximate surface area is 200 Å². The van der Waals surface area contributed by atoms with Crippen LogP contribution in [0.1, 0.15) is 28.4 Å². The van der Waals surface area contributed by atoms with E-state index in [4.69, 9.17) is 4.74 Å². The Hall–Kier alpha value is -3.49. The van der Waals surface area contributed by atoms with E-state index in [1.165, 1.54) is 16.0 Å². The van der Waals surface area contributed by atoms with Crippen LogP contribution in [0.4, 0.5) is 17.3 Å². The van der Waals surface area contributed by atoms with Gasteiger partial charge in [0.2, 0.25) is 11.8 Å². The van der Waals surface area contributed by atoms with Gasteiger partial charge in [-0.3, -0.25) is 9.69 Å². The number of nitrogens with zero attached hydrogens (tertiary/aromatic N) is 5. The molecule has 1 fully saturated rings. The van der Waals surface area contributed by atoms with Gasteiger partial charge < -0.3 is 19.9 Å². The number of amides is 1. The van der Waals surface area contributed by atoms with Gasteiger partial charge in [-0.05, 0) is 48.9 Å². The van der Waals surface area contributed by atoms with Crippen LogP contribution >= 0.6 is 0 Å². The molecule has 0 atom stereocenters. The van der Waals surface area contributed by atoms with Crippen molar-refractivity contribution >= 4 is 23.2 Å².